The van der Waals surface area contributed by atoms with Crippen LogP contribution < -0.4 is 15.5 Å². The van der Waals surface area contributed by atoms with Crippen LogP contribution in [0.4, 0.5) is 16.5 Å². The summed E-state index contributed by atoms with van der Waals surface area (Å²) in [5.41, 5.74) is 1.80. The van der Waals surface area contributed by atoms with E-state index in [0.717, 1.165) is 10.6 Å². The number of halogens is 2. The normalized spacial score (nSPS) is 13.7. The topological polar surface area (TPSA) is 91.4 Å². The highest BCUT2D eigenvalue weighted by Gasteiger charge is 2.39. The second kappa shape index (κ2) is 8.50. The van der Waals surface area contributed by atoms with Crippen molar-refractivity contribution in [2.24, 2.45) is 0 Å². The number of anilines is 3. The number of nitrogens with zero attached hydrogens (tertiary/aromatic N) is 2. The third-order valence-electron chi connectivity index (χ3n) is 4.33. The van der Waals surface area contributed by atoms with Gasteiger partial charge in [-0.05, 0) is 43.3 Å². The van der Waals surface area contributed by atoms with Crippen LogP contribution in [0.25, 0.3) is 0 Å². The van der Waals surface area contributed by atoms with Crippen LogP contribution in [0.1, 0.15) is 16.1 Å². The smallest absolute Gasteiger partial charge is 0.283 e. The minimum Gasteiger partial charge on any atom is -0.350 e. The first-order chi connectivity index (χ1) is 14.8. The highest BCUT2D eigenvalue weighted by Crippen LogP contribution is 2.31. The van der Waals surface area contributed by atoms with Crippen LogP contribution in [0.2, 0.25) is 5.02 Å². The summed E-state index contributed by atoms with van der Waals surface area (Å²) in [4.78, 5) is 43.1. The van der Waals surface area contributed by atoms with Crippen molar-refractivity contribution in [2.75, 3.05) is 15.5 Å². The quantitative estimate of drug-likeness (QED) is 0.520. The predicted octanol–water partition coefficient (Wildman–Crippen LogP) is 4.79. The van der Waals surface area contributed by atoms with Crippen LogP contribution in [0.5, 0.6) is 0 Å². The molecule has 4 rings (SSSR count). The van der Waals surface area contributed by atoms with Crippen LogP contribution in [-0.2, 0) is 9.59 Å². The molecule has 0 atom stereocenters. The van der Waals surface area contributed by atoms with Crippen molar-refractivity contribution >= 4 is 68.8 Å². The molecule has 1 aliphatic rings. The SMILES string of the molecule is Cc1csc(NC(=O)c2cccc(NC3=C(Cl)C(=O)N(c4cccc(Cl)c4)C3=O)c2)n1. The first-order valence-electron chi connectivity index (χ1n) is 8.98. The molecule has 2 heterocycles. The van der Waals surface area contributed by atoms with Gasteiger partial charge in [-0.25, -0.2) is 9.88 Å². The summed E-state index contributed by atoms with van der Waals surface area (Å²) in [6.07, 6.45) is 0. The number of nitrogens with one attached hydrogen (secondary N) is 2. The zero-order valence-corrected chi connectivity index (χ0v) is 18.3. The Morgan fingerprint density at radius 2 is 1.84 bits per heavy atom. The Labute approximate surface area is 191 Å². The Bertz CT molecular complexity index is 1250. The van der Waals surface area contributed by atoms with Gasteiger partial charge in [-0.2, -0.15) is 0 Å². The lowest BCUT2D eigenvalue weighted by molar-refractivity contribution is -0.120. The molecule has 3 amide bonds. The Morgan fingerprint density at radius 1 is 1.06 bits per heavy atom. The van der Waals surface area contributed by atoms with E-state index >= 15 is 0 Å². The molecule has 0 aliphatic carbocycles. The van der Waals surface area contributed by atoms with E-state index in [-0.39, 0.29) is 16.6 Å². The van der Waals surface area contributed by atoms with Gasteiger partial charge in [-0.15, -0.1) is 11.3 Å². The maximum atomic E-state index is 12.9. The van der Waals surface area contributed by atoms with E-state index in [1.165, 1.54) is 17.4 Å². The number of imide groups is 1. The van der Waals surface area contributed by atoms with Gasteiger partial charge < -0.3 is 5.32 Å². The Kier molecular flexibility index (Phi) is 5.77. The largest absolute Gasteiger partial charge is 0.350 e. The Balaban J connectivity index is 1.55. The number of aromatic nitrogens is 1. The van der Waals surface area contributed by atoms with E-state index in [1.54, 1.807) is 42.5 Å². The number of hydrogen-bond donors (Lipinski definition) is 2. The van der Waals surface area contributed by atoms with Crippen molar-refractivity contribution < 1.29 is 14.4 Å². The van der Waals surface area contributed by atoms with Crippen molar-refractivity contribution in [1.82, 2.24) is 4.98 Å². The first-order valence-corrected chi connectivity index (χ1v) is 10.6. The monoisotopic (exact) mass is 472 g/mol. The van der Waals surface area contributed by atoms with E-state index in [2.05, 4.69) is 15.6 Å². The zero-order valence-electron chi connectivity index (χ0n) is 16.0. The number of carbonyl (C=O) groups excluding carboxylic acids is 3. The molecule has 1 aliphatic heterocycles. The van der Waals surface area contributed by atoms with Crippen molar-refractivity contribution in [1.29, 1.82) is 0 Å². The standard InChI is InChI=1S/C21H14Cl2N4O3S/c1-11-10-31-21(24-11)26-18(28)12-4-2-6-14(8-12)25-17-16(23)19(29)27(20(17)30)15-7-3-5-13(22)9-15/h2-10,25H,1H3,(H,24,26,28). The fraction of sp³-hybridized carbons (Fsp3) is 0.0476. The summed E-state index contributed by atoms with van der Waals surface area (Å²) in [5.74, 6) is -1.64. The first kappa shape index (κ1) is 21.0. The van der Waals surface area contributed by atoms with Gasteiger partial charge in [0.05, 0.1) is 11.4 Å². The number of amides is 3. The lowest BCUT2D eigenvalue weighted by atomic mass is 10.2. The zero-order chi connectivity index (χ0) is 22.1. The summed E-state index contributed by atoms with van der Waals surface area (Å²) < 4.78 is 0. The van der Waals surface area contributed by atoms with Crippen molar-refractivity contribution in [3.05, 3.63) is 80.9 Å². The minimum atomic E-state index is -0.663. The third-order valence-corrected chi connectivity index (χ3v) is 5.79. The third kappa shape index (κ3) is 4.32. The van der Waals surface area contributed by atoms with Gasteiger partial charge in [0.25, 0.3) is 17.7 Å². The average molecular weight is 473 g/mol. The van der Waals surface area contributed by atoms with E-state index in [4.69, 9.17) is 23.2 Å². The molecule has 0 spiro atoms. The predicted molar refractivity (Wildman–Crippen MR) is 122 cm³/mol. The summed E-state index contributed by atoms with van der Waals surface area (Å²) in [7, 11) is 0. The maximum absolute atomic E-state index is 12.9. The highest BCUT2D eigenvalue weighted by molar-refractivity contribution is 7.13. The average Bonchev–Trinajstić information content (AvgIpc) is 3.24. The van der Waals surface area contributed by atoms with Gasteiger partial charge in [-0.3, -0.25) is 19.7 Å². The van der Waals surface area contributed by atoms with Gasteiger partial charge >= 0.3 is 0 Å². The van der Waals surface area contributed by atoms with E-state index in [9.17, 15) is 14.4 Å². The molecule has 7 nitrogen and oxygen atoms in total. The molecule has 0 bridgehead atoms. The second-order valence-corrected chi connectivity index (χ2v) is 8.24. The van der Waals surface area contributed by atoms with Gasteiger partial charge in [0.15, 0.2) is 5.13 Å². The number of carbonyl (C=O) groups is 3. The Morgan fingerprint density at radius 3 is 2.55 bits per heavy atom. The van der Waals surface area contributed by atoms with Crippen molar-refractivity contribution in [3.8, 4) is 0 Å². The molecule has 0 saturated heterocycles. The van der Waals surface area contributed by atoms with Crippen LogP contribution in [0, 0.1) is 6.92 Å². The van der Waals surface area contributed by atoms with Crippen molar-refractivity contribution in [3.63, 3.8) is 0 Å². The second-order valence-electron chi connectivity index (χ2n) is 6.57. The van der Waals surface area contributed by atoms with Gasteiger partial charge in [-0.1, -0.05) is 35.3 Å². The Hall–Kier alpha value is -3.20. The molecule has 31 heavy (non-hydrogen) atoms. The van der Waals surface area contributed by atoms with Gasteiger partial charge in [0.2, 0.25) is 0 Å². The molecule has 10 heteroatoms. The fourth-order valence-electron chi connectivity index (χ4n) is 2.92. The number of hydrogen-bond acceptors (Lipinski definition) is 6. The van der Waals surface area contributed by atoms with Crippen LogP contribution >= 0.6 is 34.5 Å². The lowest BCUT2D eigenvalue weighted by Gasteiger charge is -2.15. The molecular weight excluding hydrogens is 459 g/mol. The number of aryl methyl sites for hydroxylation is 1. The minimum absolute atomic E-state index is 0.0836. The van der Waals surface area contributed by atoms with E-state index in [0.29, 0.717) is 27.1 Å². The fourth-order valence-corrected chi connectivity index (χ4v) is 4.00. The number of thiazole rings is 1. The van der Waals surface area contributed by atoms with Crippen molar-refractivity contribution in [2.45, 2.75) is 6.92 Å². The summed E-state index contributed by atoms with van der Waals surface area (Å²) in [5, 5.41) is 8.02. The number of rotatable bonds is 5. The highest BCUT2D eigenvalue weighted by atomic mass is 35.5. The molecule has 0 fully saturated rings. The van der Waals surface area contributed by atoms with E-state index < -0.39 is 11.8 Å². The molecule has 156 valence electrons. The van der Waals surface area contributed by atoms with Crippen LogP contribution in [-0.4, -0.2) is 22.7 Å². The summed E-state index contributed by atoms with van der Waals surface area (Å²) in [6.45, 7) is 1.83. The van der Waals surface area contributed by atoms with Crippen LogP contribution in [0.15, 0.2) is 64.6 Å². The van der Waals surface area contributed by atoms with E-state index in [1.807, 2.05) is 12.3 Å². The molecule has 2 N–H and O–H groups in total. The molecule has 0 saturated carbocycles. The van der Waals surface area contributed by atoms with Gasteiger partial charge in [0.1, 0.15) is 10.7 Å². The molecule has 1 aromatic heterocycles. The number of benzene rings is 2. The molecule has 0 unspecified atom stereocenters. The van der Waals surface area contributed by atoms with Crippen LogP contribution in [0.3, 0.4) is 0 Å². The summed E-state index contributed by atoms with van der Waals surface area (Å²) in [6, 6.07) is 12.8. The molecule has 2 aromatic carbocycles. The van der Waals surface area contributed by atoms with Gasteiger partial charge in [0, 0.05) is 21.7 Å². The molecule has 3 aromatic rings. The summed E-state index contributed by atoms with van der Waals surface area (Å²) >= 11 is 13.5. The molecular formula is C21H14Cl2N4O3S. The molecule has 0 radical (unpaired) electrons. The lowest BCUT2D eigenvalue weighted by Crippen LogP contribution is -2.32. The maximum Gasteiger partial charge on any atom is 0.283 e.